The molecule has 0 heterocycles. The highest BCUT2D eigenvalue weighted by Crippen LogP contribution is 2.32. The average Bonchev–Trinajstić information content (AvgIpc) is 2.41. The molecule has 0 saturated carbocycles. The summed E-state index contributed by atoms with van der Waals surface area (Å²) >= 11 is 11.9. The highest BCUT2D eigenvalue weighted by molar-refractivity contribution is 6.35. The van der Waals surface area contributed by atoms with Crippen LogP contribution in [0.3, 0.4) is 0 Å². The summed E-state index contributed by atoms with van der Waals surface area (Å²) in [5.74, 6) is -0.235. The van der Waals surface area contributed by atoms with Crippen LogP contribution in [0.4, 0.5) is 0 Å². The van der Waals surface area contributed by atoms with Crippen molar-refractivity contribution in [3.8, 4) is 5.75 Å². The molecule has 5 nitrogen and oxygen atoms in total. The van der Waals surface area contributed by atoms with Crippen molar-refractivity contribution in [3.05, 3.63) is 27.7 Å². The van der Waals surface area contributed by atoms with E-state index < -0.39 is 5.97 Å². The molecule has 0 aliphatic rings. The number of carbonyl (C=O) groups excluding carboxylic acids is 2. The Balaban J connectivity index is 2.61. The quantitative estimate of drug-likeness (QED) is 0.818. The van der Waals surface area contributed by atoms with Gasteiger partial charge in [-0.05, 0) is 12.1 Å². The molecule has 1 aromatic rings. The lowest BCUT2D eigenvalue weighted by atomic mass is 10.2. The molecular formula is C13H15Cl2NO4. The van der Waals surface area contributed by atoms with Crippen LogP contribution in [-0.2, 0) is 20.9 Å². The van der Waals surface area contributed by atoms with E-state index in [2.05, 4.69) is 10.1 Å². The zero-order valence-electron chi connectivity index (χ0n) is 11.2. The molecule has 0 aliphatic heterocycles. The van der Waals surface area contributed by atoms with Crippen LogP contribution in [0.2, 0.25) is 10.0 Å². The number of hydrogen-bond acceptors (Lipinski definition) is 4. The first-order valence-corrected chi connectivity index (χ1v) is 6.59. The fourth-order valence-corrected chi connectivity index (χ4v) is 2.19. The first kappa shape index (κ1) is 16.6. The Kier molecular flexibility index (Phi) is 6.61. The highest BCUT2D eigenvalue weighted by atomic mass is 35.5. The van der Waals surface area contributed by atoms with Crippen molar-refractivity contribution in [1.29, 1.82) is 0 Å². The lowest BCUT2D eigenvalue weighted by Gasteiger charge is -2.12. The van der Waals surface area contributed by atoms with Crippen LogP contribution in [-0.4, -0.2) is 26.1 Å². The van der Waals surface area contributed by atoms with Gasteiger partial charge in [0.05, 0.1) is 25.7 Å². The molecule has 0 spiro atoms. The zero-order chi connectivity index (χ0) is 15.1. The van der Waals surface area contributed by atoms with E-state index in [0.29, 0.717) is 21.4 Å². The van der Waals surface area contributed by atoms with Crippen LogP contribution in [0, 0.1) is 0 Å². The monoisotopic (exact) mass is 319 g/mol. The van der Waals surface area contributed by atoms with Gasteiger partial charge in [0.25, 0.3) is 0 Å². The van der Waals surface area contributed by atoms with E-state index in [1.165, 1.54) is 14.2 Å². The molecule has 20 heavy (non-hydrogen) atoms. The van der Waals surface area contributed by atoms with Gasteiger partial charge in [-0.25, -0.2) is 0 Å². The molecule has 0 saturated heterocycles. The van der Waals surface area contributed by atoms with Crippen molar-refractivity contribution < 1.29 is 19.1 Å². The van der Waals surface area contributed by atoms with Gasteiger partial charge in [0.15, 0.2) is 0 Å². The second kappa shape index (κ2) is 7.97. The number of amides is 1. The maximum atomic E-state index is 11.6. The van der Waals surface area contributed by atoms with Crippen molar-refractivity contribution in [3.63, 3.8) is 0 Å². The molecule has 0 aromatic heterocycles. The molecule has 110 valence electrons. The summed E-state index contributed by atoms with van der Waals surface area (Å²) in [4.78, 5) is 22.5. The Morgan fingerprint density at radius 2 is 1.90 bits per heavy atom. The number of ether oxygens (including phenoxy) is 2. The van der Waals surface area contributed by atoms with Gasteiger partial charge in [-0.1, -0.05) is 23.2 Å². The first-order valence-electron chi connectivity index (χ1n) is 5.83. The summed E-state index contributed by atoms with van der Waals surface area (Å²) < 4.78 is 9.62. The van der Waals surface area contributed by atoms with E-state index in [1.54, 1.807) is 12.1 Å². The zero-order valence-corrected chi connectivity index (χ0v) is 12.7. The second-order valence-corrected chi connectivity index (χ2v) is 4.78. The predicted molar refractivity (Wildman–Crippen MR) is 76.1 cm³/mol. The van der Waals surface area contributed by atoms with Crippen LogP contribution >= 0.6 is 23.2 Å². The van der Waals surface area contributed by atoms with Crippen molar-refractivity contribution in [2.24, 2.45) is 0 Å². The molecule has 1 N–H and O–H groups in total. The number of methoxy groups -OCH3 is 2. The average molecular weight is 320 g/mol. The molecule has 0 atom stereocenters. The summed E-state index contributed by atoms with van der Waals surface area (Å²) in [5, 5.41) is 3.49. The number of halogens is 2. The van der Waals surface area contributed by atoms with Crippen molar-refractivity contribution >= 4 is 35.1 Å². The number of esters is 1. The van der Waals surface area contributed by atoms with Crippen LogP contribution in [0.25, 0.3) is 0 Å². The number of nitrogens with one attached hydrogen (secondary N) is 1. The molecule has 1 rings (SSSR count). The Hall–Kier alpha value is -1.46. The fraction of sp³-hybridized carbons (Fsp3) is 0.385. The van der Waals surface area contributed by atoms with Gasteiger partial charge < -0.3 is 14.8 Å². The molecule has 0 fully saturated rings. The normalized spacial score (nSPS) is 10.0. The molecular weight excluding hydrogens is 305 g/mol. The largest absolute Gasteiger partial charge is 0.495 e. The van der Waals surface area contributed by atoms with Gasteiger partial charge in [0.1, 0.15) is 5.75 Å². The number of carbonyl (C=O) groups is 2. The number of rotatable bonds is 6. The summed E-state index contributed by atoms with van der Waals surface area (Å²) in [6.45, 7) is 0.212. The lowest BCUT2D eigenvalue weighted by Crippen LogP contribution is -2.23. The SMILES string of the molecule is COC(=O)CCC(=O)NCc1cc(Cl)cc(Cl)c1OC. The third-order valence-electron chi connectivity index (χ3n) is 2.55. The maximum absolute atomic E-state index is 11.6. The van der Waals surface area contributed by atoms with Crippen LogP contribution in [0.5, 0.6) is 5.75 Å². The minimum Gasteiger partial charge on any atom is -0.495 e. The molecule has 0 unspecified atom stereocenters. The number of hydrogen-bond donors (Lipinski definition) is 1. The van der Waals surface area contributed by atoms with Gasteiger partial charge >= 0.3 is 5.97 Å². The summed E-state index contributed by atoms with van der Waals surface area (Å²) in [5.41, 5.74) is 0.663. The maximum Gasteiger partial charge on any atom is 0.306 e. The third kappa shape index (κ3) is 4.90. The van der Waals surface area contributed by atoms with E-state index in [0.717, 1.165) is 0 Å². The summed E-state index contributed by atoms with van der Waals surface area (Å²) in [6.07, 6.45) is 0.0963. The first-order chi connectivity index (χ1) is 9.47. The van der Waals surface area contributed by atoms with E-state index in [1.807, 2.05) is 0 Å². The Labute approximate surface area is 127 Å². The summed E-state index contributed by atoms with van der Waals surface area (Å²) in [7, 11) is 2.76. The molecule has 1 aromatic carbocycles. The smallest absolute Gasteiger partial charge is 0.306 e. The highest BCUT2D eigenvalue weighted by Gasteiger charge is 2.12. The van der Waals surface area contributed by atoms with Gasteiger partial charge in [0.2, 0.25) is 5.91 Å². The van der Waals surface area contributed by atoms with E-state index in [-0.39, 0.29) is 25.3 Å². The van der Waals surface area contributed by atoms with Crippen LogP contribution in [0.1, 0.15) is 18.4 Å². The van der Waals surface area contributed by atoms with Gasteiger partial charge in [-0.2, -0.15) is 0 Å². The van der Waals surface area contributed by atoms with Gasteiger partial charge in [-0.3, -0.25) is 9.59 Å². The fourth-order valence-electron chi connectivity index (χ4n) is 1.57. The van der Waals surface area contributed by atoms with Crippen LogP contribution < -0.4 is 10.1 Å². The standard InChI is InChI=1S/C13H15Cl2NO4/c1-19-12(18)4-3-11(17)16-7-8-5-9(14)6-10(15)13(8)20-2/h5-6H,3-4,7H2,1-2H3,(H,16,17). The van der Waals surface area contributed by atoms with Crippen molar-refractivity contribution in [2.75, 3.05) is 14.2 Å². The Morgan fingerprint density at radius 1 is 1.20 bits per heavy atom. The second-order valence-electron chi connectivity index (χ2n) is 3.93. The van der Waals surface area contributed by atoms with Gasteiger partial charge in [0, 0.05) is 23.6 Å². The van der Waals surface area contributed by atoms with Crippen molar-refractivity contribution in [1.82, 2.24) is 5.32 Å². The predicted octanol–water partition coefficient (Wildman–Crippen LogP) is 2.57. The Morgan fingerprint density at radius 3 is 2.50 bits per heavy atom. The van der Waals surface area contributed by atoms with Crippen LogP contribution in [0.15, 0.2) is 12.1 Å². The van der Waals surface area contributed by atoms with Gasteiger partial charge in [-0.15, -0.1) is 0 Å². The van der Waals surface area contributed by atoms with E-state index in [9.17, 15) is 9.59 Å². The molecule has 0 bridgehead atoms. The molecule has 1 amide bonds. The third-order valence-corrected chi connectivity index (χ3v) is 3.05. The lowest BCUT2D eigenvalue weighted by molar-refractivity contribution is -0.142. The summed E-state index contributed by atoms with van der Waals surface area (Å²) in [6, 6.07) is 3.22. The molecule has 0 radical (unpaired) electrons. The van der Waals surface area contributed by atoms with Crippen molar-refractivity contribution in [2.45, 2.75) is 19.4 Å². The molecule has 7 heteroatoms. The minimum absolute atomic E-state index is 0.0375. The molecule has 0 aliphatic carbocycles. The Bertz CT molecular complexity index is 505. The van der Waals surface area contributed by atoms with E-state index in [4.69, 9.17) is 27.9 Å². The minimum atomic E-state index is -0.427. The number of benzene rings is 1. The van der Waals surface area contributed by atoms with E-state index >= 15 is 0 Å². The topological polar surface area (TPSA) is 64.6 Å².